The van der Waals surface area contributed by atoms with Crippen molar-refractivity contribution < 1.29 is 9.34 Å². The zero-order chi connectivity index (χ0) is 18.8. The highest BCUT2D eigenvalue weighted by atomic mass is 32.1. The third kappa shape index (κ3) is 3.18. The van der Waals surface area contributed by atoms with E-state index in [2.05, 4.69) is 28.3 Å². The van der Waals surface area contributed by atoms with E-state index in [1.165, 1.54) is 29.7 Å². The molecule has 7 nitrogen and oxygen atoms in total. The van der Waals surface area contributed by atoms with Crippen LogP contribution in [0.15, 0.2) is 74.5 Å². The highest BCUT2D eigenvalue weighted by Gasteiger charge is 2.12. The molecule has 2 aromatic carbocycles. The van der Waals surface area contributed by atoms with Crippen LogP contribution in [0.4, 0.5) is 5.88 Å². The molecule has 0 unspecified atom stereocenters. The van der Waals surface area contributed by atoms with Gasteiger partial charge in [-0.25, -0.2) is 4.68 Å². The van der Waals surface area contributed by atoms with Crippen LogP contribution in [-0.4, -0.2) is 22.9 Å². The average molecular weight is 378 g/mol. The molecular formula is C19H14N4O3S. The smallest absolute Gasteiger partial charge is 0.400 e. The van der Waals surface area contributed by atoms with Crippen LogP contribution in [0.1, 0.15) is 5.76 Å². The quantitative estimate of drug-likeness (QED) is 0.302. The lowest BCUT2D eigenvalue weighted by Crippen LogP contribution is -2.11. The van der Waals surface area contributed by atoms with Gasteiger partial charge in [-0.05, 0) is 16.8 Å². The lowest BCUT2D eigenvalue weighted by molar-refractivity contribution is -0.402. The summed E-state index contributed by atoms with van der Waals surface area (Å²) in [5.41, 5.74) is 1.91. The Labute approximate surface area is 157 Å². The number of thiazole rings is 1. The number of hydrogen-bond donors (Lipinski definition) is 0. The van der Waals surface area contributed by atoms with Crippen molar-refractivity contribution in [3.05, 3.63) is 80.7 Å². The van der Waals surface area contributed by atoms with Gasteiger partial charge < -0.3 is 4.42 Å². The van der Waals surface area contributed by atoms with Gasteiger partial charge in [0.15, 0.2) is 5.76 Å². The van der Waals surface area contributed by atoms with Gasteiger partial charge in [-0.1, -0.05) is 42.5 Å². The topological polar surface area (TPSA) is 85.9 Å². The maximum Gasteiger partial charge on any atom is 0.433 e. The minimum absolute atomic E-state index is 0.298. The van der Waals surface area contributed by atoms with Crippen molar-refractivity contribution in [1.82, 2.24) is 4.68 Å². The maximum atomic E-state index is 10.8. The number of furan rings is 1. The molecule has 0 atom stereocenters. The van der Waals surface area contributed by atoms with Gasteiger partial charge in [0.25, 0.3) is 0 Å². The lowest BCUT2D eigenvalue weighted by Gasteiger charge is -2.07. The summed E-state index contributed by atoms with van der Waals surface area (Å²) in [5.74, 6) is -0.0206. The van der Waals surface area contributed by atoms with E-state index in [0.29, 0.717) is 10.6 Å². The van der Waals surface area contributed by atoms with Gasteiger partial charge >= 0.3 is 5.88 Å². The number of nitrogens with zero attached hydrogens (tertiary/aromatic N) is 4. The van der Waals surface area contributed by atoms with Gasteiger partial charge in [0.1, 0.15) is 4.92 Å². The molecule has 2 aromatic heterocycles. The third-order valence-corrected chi connectivity index (χ3v) is 4.94. The van der Waals surface area contributed by atoms with Gasteiger partial charge in [0.05, 0.1) is 18.0 Å². The van der Waals surface area contributed by atoms with Crippen LogP contribution in [0.5, 0.6) is 0 Å². The van der Waals surface area contributed by atoms with Gasteiger partial charge in [0, 0.05) is 18.0 Å². The highest BCUT2D eigenvalue weighted by Crippen LogP contribution is 2.29. The molecule has 0 aliphatic rings. The molecule has 0 N–H and O–H groups in total. The predicted octanol–water partition coefficient (Wildman–Crippen LogP) is 4.28. The van der Waals surface area contributed by atoms with Crippen LogP contribution in [0, 0.1) is 10.1 Å². The van der Waals surface area contributed by atoms with Crippen molar-refractivity contribution in [2.75, 3.05) is 7.05 Å². The molecule has 8 heteroatoms. The lowest BCUT2D eigenvalue weighted by atomic mass is 10.0. The standard InChI is InChI=1S/C19H14N4O3S/c1-20-19-22(21-11-14-9-10-18(26-14)23(24)25)17(12-27-19)16-8-4-6-13-5-2-3-7-15(13)16/h2-12H,1H3. The molecule has 0 saturated carbocycles. The maximum absolute atomic E-state index is 10.8. The molecule has 0 bridgehead atoms. The van der Waals surface area contributed by atoms with E-state index < -0.39 is 4.92 Å². The number of aromatic nitrogens is 1. The van der Waals surface area contributed by atoms with E-state index in [4.69, 9.17) is 4.42 Å². The predicted molar refractivity (Wildman–Crippen MR) is 105 cm³/mol. The van der Waals surface area contributed by atoms with Crippen LogP contribution in [0.3, 0.4) is 0 Å². The molecule has 134 valence electrons. The fourth-order valence-electron chi connectivity index (χ4n) is 2.82. The first kappa shape index (κ1) is 16.9. The molecule has 0 amide bonds. The second-order valence-corrected chi connectivity index (χ2v) is 6.48. The Morgan fingerprint density at radius 2 is 1.96 bits per heavy atom. The van der Waals surface area contributed by atoms with E-state index >= 15 is 0 Å². The summed E-state index contributed by atoms with van der Waals surface area (Å²) in [6.45, 7) is 0. The number of fused-ring (bicyclic) bond motifs is 1. The largest absolute Gasteiger partial charge is 0.433 e. The van der Waals surface area contributed by atoms with Crippen LogP contribution < -0.4 is 4.80 Å². The van der Waals surface area contributed by atoms with E-state index in [9.17, 15) is 10.1 Å². The summed E-state index contributed by atoms with van der Waals surface area (Å²) >= 11 is 1.47. The monoisotopic (exact) mass is 378 g/mol. The van der Waals surface area contributed by atoms with E-state index in [0.717, 1.165) is 22.0 Å². The summed E-state index contributed by atoms with van der Waals surface area (Å²) in [6.07, 6.45) is 1.45. The Hall–Kier alpha value is -3.52. The second-order valence-electron chi connectivity index (χ2n) is 5.64. The minimum atomic E-state index is -0.580. The Bertz CT molecular complexity index is 1230. The minimum Gasteiger partial charge on any atom is -0.400 e. The fraction of sp³-hybridized carbons (Fsp3) is 0.0526. The van der Waals surface area contributed by atoms with Crippen molar-refractivity contribution >= 4 is 34.2 Å². The van der Waals surface area contributed by atoms with Crippen molar-refractivity contribution in [3.63, 3.8) is 0 Å². The Kier molecular flexibility index (Phi) is 4.39. The first-order valence-corrected chi connectivity index (χ1v) is 8.95. The van der Waals surface area contributed by atoms with E-state index in [1.807, 2.05) is 29.6 Å². The highest BCUT2D eigenvalue weighted by molar-refractivity contribution is 7.07. The molecule has 0 fully saturated rings. The van der Waals surface area contributed by atoms with Crippen molar-refractivity contribution in [1.29, 1.82) is 0 Å². The molecule has 4 aromatic rings. The normalized spacial score (nSPS) is 12.3. The second kappa shape index (κ2) is 7.00. The molecule has 0 radical (unpaired) electrons. The van der Waals surface area contributed by atoms with Gasteiger partial charge in [-0.3, -0.25) is 15.1 Å². The van der Waals surface area contributed by atoms with Gasteiger partial charge in [0.2, 0.25) is 4.80 Å². The molecule has 4 rings (SSSR count). The molecule has 0 aliphatic heterocycles. The van der Waals surface area contributed by atoms with Crippen LogP contribution in [0.2, 0.25) is 0 Å². The number of rotatable bonds is 4. The first-order valence-electron chi connectivity index (χ1n) is 8.07. The summed E-state index contributed by atoms with van der Waals surface area (Å²) in [6, 6.07) is 17.0. The number of benzene rings is 2. The molecule has 0 aliphatic carbocycles. The van der Waals surface area contributed by atoms with E-state index in [-0.39, 0.29) is 5.88 Å². The Morgan fingerprint density at radius 1 is 1.15 bits per heavy atom. The van der Waals surface area contributed by atoms with Gasteiger partial charge in [-0.15, -0.1) is 11.3 Å². The third-order valence-electron chi connectivity index (χ3n) is 4.04. The first-order chi connectivity index (χ1) is 13.2. The number of hydrogen-bond acceptors (Lipinski definition) is 6. The summed E-state index contributed by atoms with van der Waals surface area (Å²) in [4.78, 5) is 15.2. The molecule has 2 heterocycles. The molecule has 0 saturated heterocycles. The fourth-order valence-corrected chi connectivity index (χ4v) is 3.62. The molecule has 0 spiro atoms. The Balaban J connectivity index is 1.83. The van der Waals surface area contributed by atoms with Crippen LogP contribution >= 0.6 is 11.3 Å². The molecule has 27 heavy (non-hydrogen) atoms. The summed E-state index contributed by atoms with van der Waals surface area (Å²) in [5, 5.41) is 19.4. The van der Waals surface area contributed by atoms with Crippen LogP contribution in [-0.2, 0) is 0 Å². The van der Waals surface area contributed by atoms with Crippen molar-refractivity contribution in [2.24, 2.45) is 10.1 Å². The van der Waals surface area contributed by atoms with Crippen molar-refractivity contribution in [2.45, 2.75) is 0 Å². The number of nitro groups is 1. The summed E-state index contributed by atoms with van der Waals surface area (Å²) in [7, 11) is 1.70. The zero-order valence-electron chi connectivity index (χ0n) is 14.3. The summed E-state index contributed by atoms with van der Waals surface area (Å²) < 4.78 is 6.85. The SMILES string of the molecule is CN=c1scc(-c2cccc3ccccc23)n1N=Cc1ccc([N+](=O)[O-])o1. The van der Waals surface area contributed by atoms with E-state index in [1.54, 1.807) is 11.7 Å². The Morgan fingerprint density at radius 3 is 2.74 bits per heavy atom. The van der Waals surface area contributed by atoms with Crippen molar-refractivity contribution in [3.8, 4) is 11.3 Å². The van der Waals surface area contributed by atoms with Crippen LogP contribution in [0.25, 0.3) is 22.0 Å². The molecular weight excluding hydrogens is 364 g/mol. The zero-order valence-corrected chi connectivity index (χ0v) is 15.1. The average Bonchev–Trinajstić information content (AvgIpc) is 3.32. The van der Waals surface area contributed by atoms with Gasteiger partial charge in [-0.2, -0.15) is 5.10 Å².